The maximum atomic E-state index is 11.2. The molecule has 1 saturated heterocycles. The first-order valence-corrected chi connectivity index (χ1v) is 8.25. The minimum Gasteiger partial charge on any atom is -0.381 e. The van der Waals surface area contributed by atoms with Crippen molar-refractivity contribution in [3.8, 4) is 0 Å². The number of hydrogen-bond acceptors (Lipinski definition) is 4. The number of hydrogen-bond donors (Lipinski definition) is 3. The summed E-state index contributed by atoms with van der Waals surface area (Å²) in [6.45, 7) is 1.85. The van der Waals surface area contributed by atoms with E-state index in [-0.39, 0.29) is 0 Å². The van der Waals surface area contributed by atoms with Crippen molar-refractivity contribution in [1.29, 1.82) is 0 Å². The molecule has 0 radical (unpaired) electrons. The number of benzene rings is 2. The highest BCUT2D eigenvalue weighted by Gasteiger charge is 2.23. The lowest BCUT2D eigenvalue weighted by Gasteiger charge is -2.34. The van der Waals surface area contributed by atoms with Crippen LogP contribution in [0.2, 0.25) is 0 Å². The summed E-state index contributed by atoms with van der Waals surface area (Å²) < 4.78 is 0. The molecule has 0 bridgehead atoms. The second-order valence-electron chi connectivity index (χ2n) is 6.22. The van der Waals surface area contributed by atoms with Crippen LogP contribution in [0, 0.1) is 4.91 Å². The Kier molecular flexibility index (Phi) is 3.86. The number of para-hydroxylation sites is 2. The second kappa shape index (κ2) is 6.31. The van der Waals surface area contributed by atoms with Crippen molar-refractivity contribution in [2.45, 2.75) is 18.9 Å². The zero-order chi connectivity index (χ0) is 16.4. The van der Waals surface area contributed by atoms with Gasteiger partial charge in [0.2, 0.25) is 0 Å². The molecule has 0 amide bonds. The number of H-pyrrole nitrogens is 1. The standard InChI is InChI=1S/C18H19N5O/c24-22-17-5-1-2-6-18(17)23-9-3-4-15(12-23)20-14-7-8-16-13(10-14)11-19-21-16/h1-2,5-8,10-11,15,20H,3-4,9,12H2,(H,19,21)/p+1. The zero-order valence-corrected chi connectivity index (χ0v) is 13.3. The number of nitrogens with zero attached hydrogens (tertiary/aromatic N) is 2. The van der Waals surface area contributed by atoms with E-state index in [4.69, 9.17) is 0 Å². The normalized spacial score (nSPS) is 17.8. The average molecular weight is 322 g/mol. The number of aromatic nitrogens is 2. The van der Waals surface area contributed by atoms with Crippen LogP contribution in [0.15, 0.2) is 48.7 Å². The number of anilines is 2. The molecule has 2 heterocycles. The van der Waals surface area contributed by atoms with Gasteiger partial charge in [-0.2, -0.15) is 5.10 Å². The topological polar surface area (TPSA) is 75.0 Å². The minimum absolute atomic E-state index is 0.350. The van der Waals surface area contributed by atoms with Gasteiger partial charge in [-0.1, -0.05) is 12.1 Å². The highest BCUT2D eigenvalue weighted by Crippen LogP contribution is 2.26. The van der Waals surface area contributed by atoms with Gasteiger partial charge in [-0.25, -0.2) is 0 Å². The Morgan fingerprint density at radius 2 is 2.17 bits per heavy atom. The maximum Gasteiger partial charge on any atom is 0.276 e. The van der Waals surface area contributed by atoms with E-state index in [1.807, 2.05) is 36.5 Å². The Balaban J connectivity index is 1.51. The third kappa shape index (κ3) is 2.82. The van der Waals surface area contributed by atoms with Gasteiger partial charge in [-0.05, 0) is 37.1 Å². The van der Waals surface area contributed by atoms with Crippen LogP contribution in [0.1, 0.15) is 12.8 Å². The monoisotopic (exact) mass is 322 g/mol. The van der Waals surface area contributed by atoms with Crippen molar-refractivity contribution in [2.24, 2.45) is 0 Å². The van der Waals surface area contributed by atoms with Crippen LogP contribution in [0.25, 0.3) is 10.9 Å². The van der Waals surface area contributed by atoms with Gasteiger partial charge in [0.1, 0.15) is 5.69 Å². The second-order valence-corrected chi connectivity index (χ2v) is 6.22. The SMILES string of the molecule is O=[NH+]c1ccccc1N1CCCC(Nc2ccc3[nH]ncc3c2)C1. The summed E-state index contributed by atoms with van der Waals surface area (Å²) in [5.41, 5.74) is 3.76. The summed E-state index contributed by atoms with van der Waals surface area (Å²) in [5, 5.41) is 13.8. The smallest absolute Gasteiger partial charge is 0.276 e. The predicted molar refractivity (Wildman–Crippen MR) is 95.4 cm³/mol. The molecule has 2 aromatic carbocycles. The highest BCUT2D eigenvalue weighted by molar-refractivity contribution is 5.81. The van der Waals surface area contributed by atoms with E-state index in [1.165, 1.54) is 0 Å². The lowest BCUT2D eigenvalue weighted by atomic mass is 10.0. The van der Waals surface area contributed by atoms with Crippen LogP contribution in [-0.2, 0) is 0 Å². The molecule has 4 rings (SSSR count). The summed E-state index contributed by atoms with van der Waals surface area (Å²) >= 11 is 0. The molecule has 122 valence electrons. The first-order valence-electron chi connectivity index (χ1n) is 8.25. The van der Waals surface area contributed by atoms with Crippen molar-refractivity contribution in [1.82, 2.24) is 10.2 Å². The molecular weight excluding hydrogens is 302 g/mol. The predicted octanol–water partition coefficient (Wildman–Crippen LogP) is 2.12. The highest BCUT2D eigenvalue weighted by atomic mass is 16.3. The van der Waals surface area contributed by atoms with Crippen LogP contribution < -0.4 is 15.4 Å². The third-order valence-corrected chi connectivity index (χ3v) is 4.59. The van der Waals surface area contributed by atoms with E-state index in [0.29, 0.717) is 11.7 Å². The number of nitrogens with one attached hydrogen (secondary N) is 3. The molecule has 6 nitrogen and oxygen atoms in total. The Hall–Kier alpha value is -2.89. The molecule has 6 heteroatoms. The van der Waals surface area contributed by atoms with Crippen LogP contribution >= 0.6 is 0 Å². The molecule has 0 aliphatic carbocycles. The molecule has 1 aliphatic heterocycles. The Morgan fingerprint density at radius 3 is 3.08 bits per heavy atom. The molecule has 1 aromatic heterocycles. The van der Waals surface area contributed by atoms with Crippen molar-refractivity contribution < 1.29 is 5.18 Å². The number of piperidine rings is 1. The lowest BCUT2D eigenvalue weighted by molar-refractivity contribution is -0.378. The molecular formula is C18H20N5O+. The van der Waals surface area contributed by atoms with E-state index < -0.39 is 0 Å². The third-order valence-electron chi connectivity index (χ3n) is 4.59. The summed E-state index contributed by atoms with van der Waals surface area (Å²) in [4.78, 5) is 13.4. The van der Waals surface area contributed by atoms with Gasteiger partial charge in [0.15, 0.2) is 0 Å². The molecule has 0 saturated carbocycles. The molecule has 0 spiro atoms. The van der Waals surface area contributed by atoms with Gasteiger partial charge in [0.25, 0.3) is 5.69 Å². The number of aromatic amines is 1. The van der Waals surface area contributed by atoms with Crippen LogP contribution in [0.3, 0.4) is 0 Å². The van der Waals surface area contributed by atoms with Gasteiger partial charge in [-0.15, -0.1) is 0 Å². The first-order chi connectivity index (χ1) is 11.8. The van der Waals surface area contributed by atoms with Crippen molar-refractivity contribution in [3.05, 3.63) is 53.6 Å². The Morgan fingerprint density at radius 1 is 1.25 bits per heavy atom. The molecule has 3 N–H and O–H groups in total. The van der Waals surface area contributed by atoms with E-state index >= 15 is 0 Å². The molecule has 1 unspecified atom stereocenters. The number of nitroso groups, excluding NO2 is 1. The minimum atomic E-state index is 0.350. The summed E-state index contributed by atoms with van der Waals surface area (Å²) in [6, 6.07) is 14.3. The lowest BCUT2D eigenvalue weighted by Crippen LogP contribution is -2.57. The first kappa shape index (κ1) is 14.7. The quantitative estimate of drug-likeness (QED) is 0.688. The number of rotatable bonds is 4. The Labute approximate surface area is 139 Å². The molecule has 3 aromatic rings. The van der Waals surface area contributed by atoms with Gasteiger partial charge in [0.05, 0.1) is 11.7 Å². The van der Waals surface area contributed by atoms with E-state index in [9.17, 15) is 4.91 Å². The van der Waals surface area contributed by atoms with Gasteiger partial charge >= 0.3 is 0 Å². The van der Waals surface area contributed by atoms with Crippen LogP contribution in [-0.4, -0.2) is 29.3 Å². The van der Waals surface area contributed by atoms with E-state index in [1.54, 1.807) is 0 Å². The summed E-state index contributed by atoms with van der Waals surface area (Å²) in [7, 11) is 0. The van der Waals surface area contributed by atoms with E-state index in [0.717, 1.165) is 48.2 Å². The molecule has 1 aliphatic rings. The maximum absolute atomic E-state index is 11.2. The van der Waals surface area contributed by atoms with Crippen molar-refractivity contribution in [3.63, 3.8) is 0 Å². The molecule has 1 fully saturated rings. The van der Waals surface area contributed by atoms with Crippen molar-refractivity contribution in [2.75, 3.05) is 23.3 Å². The average Bonchev–Trinajstić information content (AvgIpc) is 3.10. The van der Waals surface area contributed by atoms with Gasteiger partial charge in [-0.3, -0.25) is 5.10 Å². The summed E-state index contributed by atoms with van der Waals surface area (Å²) in [5.74, 6) is 0. The van der Waals surface area contributed by atoms with Crippen LogP contribution in [0.5, 0.6) is 0 Å². The van der Waals surface area contributed by atoms with Gasteiger partial charge in [0, 0.05) is 46.4 Å². The van der Waals surface area contributed by atoms with Crippen molar-refractivity contribution >= 4 is 28.0 Å². The molecule has 24 heavy (non-hydrogen) atoms. The van der Waals surface area contributed by atoms with Gasteiger partial charge < -0.3 is 10.2 Å². The Bertz CT molecular complexity index is 859. The fraction of sp³-hybridized carbons (Fsp3) is 0.278. The largest absolute Gasteiger partial charge is 0.381 e. The zero-order valence-electron chi connectivity index (χ0n) is 13.3. The fourth-order valence-electron chi connectivity index (χ4n) is 3.42. The number of fused-ring (bicyclic) bond motifs is 1. The molecule has 1 atom stereocenters. The van der Waals surface area contributed by atoms with Crippen LogP contribution in [0.4, 0.5) is 17.1 Å². The van der Waals surface area contributed by atoms with E-state index in [2.05, 4.69) is 37.7 Å². The fourth-order valence-corrected chi connectivity index (χ4v) is 3.42. The summed E-state index contributed by atoms with van der Waals surface area (Å²) in [6.07, 6.45) is 4.05.